The van der Waals surface area contributed by atoms with Crippen molar-refractivity contribution in [2.24, 2.45) is 0 Å². The molecule has 0 bridgehead atoms. The standard InChI is InChI=1S/C13H14N2O4S2/c16-13(17)9-7-12(20-8-9)21(18,19)15-6-2-4-11(15)10-3-1-5-14-10/h1,3,5,7-8,11,14H,2,4,6H2,(H,16,17). The van der Waals surface area contributed by atoms with Gasteiger partial charge in [0.15, 0.2) is 0 Å². The van der Waals surface area contributed by atoms with Gasteiger partial charge < -0.3 is 10.1 Å². The van der Waals surface area contributed by atoms with E-state index in [1.165, 1.54) is 15.8 Å². The molecule has 0 aliphatic carbocycles. The molecule has 21 heavy (non-hydrogen) atoms. The van der Waals surface area contributed by atoms with Gasteiger partial charge in [-0.3, -0.25) is 0 Å². The summed E-state index contributed by atoms with van der Waals surface area (Å²) in [6.45, 7) is 0.451. The lowest BCUT2D eigenvalue weighted by molar-refractivity contribution is 0.0697. The molecule has 1 unspecified atom stereocenters. The molecule has 0 spiro atoms. The van der Waals surface area contributed by atoms with E-state index in [9.17, 15) is 13.2 Å². The van der Waals surface area contributed by atoms with E-state index < -0.39 is 16.0 Å². The number of carbonyl (C=O) groups is 1. The van der Waals surface area contributed by atoms with Crippen LogP contribution >= 0.6 is 11.3 Å². The second-order valence-corrected chi connectivity index (χ2v) is 7.89. The van der Waals surface area contributed by atoms with Gasteiger partial charge in [-0.05, 0) is 31.0 Å². The fourth-order valence-electron chi connectivity index (χ4n) is 2.57. The number of hydrogen-bond acceptors (Lipinski definition) is 4. The first kappa shape index (κ1) is 14.3. The van der Waals surface area contributed by atoms with Gasteiger partial charge in [0, 0.05) is 23.8 Å². The van der Waals surface area contributed by atoms with Gasteiger partial charge >= 0.3 is 5.97 Å². The molecule has 0 aromatic carbocycles. The molecule has 1 aliphatic rings. The van der Waals surface area contributed by atoms with E-state index in [0.717, 1.165) is 29.9 Å². The zero-order valence-electron chi connectivity index (χ0n) is 11.0. The third-order valence-electron chi connectivity index (χ3n) is 3.57. The number of carboxylic acid groups (broad SMARTS) is 1. The topological polar surface area (TPSA) is 90.5 Å². The average molecular weight is 326 g/mol. The Balaban J connectivity index is 1.95. The molecule has 1 saturated heterocycles. The Kier molecular flexibility index (Phi) is 3.60. The highest BCUT2D eigenvalue weighted by Gasteiger charge is 2.37. The summed E-state index contributed by atoms with van der Waals surface area (Å²) in [5.74, 6) is -1.12. The van der Waals surface area contributed by atoms with Crippen LogP contribution in [0, 0.1) is 0 Å². The lowest BCUT2D eigenvalue weighted by Crippen LogP contribution is -2.30. The van der Waals surface area contributed by atoms with Crippen LogP contribution in [0.1, 0.15) is 34.9 Å². The summed E-state index contributed by atoms with van der Waals surface area (Å²) < 4.78 is 26.9. The Hall–Kier alpha value is -1.64. The second kappa shape index (κ2) is 5.28. The Morgan fingerprint density at radius 3 is 2.90 bits per heavy atom. The highest BCUT2D eigenvalue weighted by molar-refractivity contribution is 7.91. The van der Waals surface area contributed by atoms with E-state index in [0.29, 0.717) is 6.54 Å². The SMILES string of the molecule is O=C(O)c1csc(S(=O)(=O)N2CCCC2c2ccc[nH]2)c1. The molecule has 0 saturated carbocycles. The highest BCUT2D eigenvalue weighted by atomic mass is 32.2. The molecule has 1 atom stereocenters. The first-order chi connectivity index (χ1) is 10.00. The number of carboxylic acids is 1. The first-order valence-electron chi connectivity index (χ1n) is 6.47. The summed E-state index contributed by atoms with van der Waals surface area (Å²) in [7, 11) is -3.66. The van der Waals surface area contributed by atoms with Crippen LogP contribution in [0.3, 0.4) is 0 Å². The third kappa shape index (κ3) is 2.50. The van der Waals surface area contributed by atoms with E-state index >= 15 is 0 Å². The normalized spacial score (nSPS) is 19.9. The molecule has 0 amide bonds. The van der Waals surface area contributed by atoms with Gasteiger partial charge in [0.25, 0.3) is 10.0 Å². The molecule has 3 rings (SSSR count). The number of aromatic nitrogens is 1. The van der Waals surface area contributed by atoms with E-state index in [-0.39, 0.29) is 15.8 Å². The lowest BCUT2D eigenvalue weighted by atomic mass is 10.2. The van der Waals surface area contributed by atoms with Crippen molar-refractivity contribution in [3.05, 3.63) is 41.0 Å². The van der Waals surface area contributed by atoms with Crippen molar-refractivity contribution in [2.75, 3.05) is 6.54 Å². The minimum atomic E-state index is -3.66. The Bertz CT molecular complexity index is 749. The predicted molar refractivity (Wildman–Crippen MR) is 77.9 cm³/mol. The predicted octanol–water partition coefficient (Wildman–Crippen LogP) is 2.30. The Morgan fingerprint density at radius 2 is 2.29 bits per heavy atom. The minimum absolute atomic E-state index is 0.00851. The molecule has 0 radical (unpaired) electrons. The van der Waals surface area contributed by atoms with Gasteiger partial charge in [-0.1, -0.05) is 0 Å². The maximum atomic E-state index is 12.7. The number of H-pyrrole nitrogens is 1. The molecular weight excluding hydrogens is 312 g/mol. The van der Waals surface area contributed by atoms with Crippen molar-refractivity contribution in [1.29, 1.82) is 0 Å². The van der Waals surface area contributed by atoms with Crippen LogP contribution in [-0.4, -0.2) is 35.3 Å². The van der Waals surface area contributed by atoms with Crippen molar-refractivity contribution in [3.63, 3.8) is 0 Å². The summed E-state index contributed by atoms with van der Waals surface area (Å²) >= 11 is 0.950. The number of aromatic amines is 1. The summed E-state index contributed by atoms with van der Waals surface area (Å²) in [5.41, 5.74) is 0.875. The molecule has 112 valence electrons. The average Bonchev–Trinajstić information content (AvgIpc) is 3.19. The zero-order valence-corrected chi connectivity index (χ0v) is 12.7. The summed E-state index contributed by atoms with van der Waals surface area (Å²) in [4.78, 5) is 14.0. The van der Waals surface area contributed by atoms with E-state index in [4.69, 9.17) is 5.11 Å². The fraction of sp³-hybridized carbons (Fsp3) is 0.308. The fourth-order valence-corrected chi connectivity index (χ4v) is 5.53. The Morgan fingerprint density at radius 1 is 1.48 bits per heavy atom. The number of nitrogens with one attached hydrogen (secondary N) is 1. The quantitative estimate of drug-likeness (QED) is 0.902. The molecular formula is C13H14N2O4S2. The Labute approximate surface area is 126 Å². The van der Waals surface area contributed by atoms with Gasteiger partial charge in [0.05, 0.1) is 11.6 Å². The van der Waals surface area contributed by atoms with Crippen LogP contribution in [-0.2, 0) is 10.0 Å². The van der Waals surface area contributed by atoms with Crippen molar-refractivity contribution in [3.8, 4) is 0 Å². The molecule has 2 N–H and O–H groups in total. The van der Waals surface area contributed by atoms with Gasteiger partial charge in [-0.2, -0.15) is 4.31 Å². The summed E-state index contributed by atoms with van der Waals surface area (Å²) in [6, 6.07) is 4.73. The monoisotopic (exact) mass is 326 g/mol. The van der Waals surface area contributed by atoms with Gasteiger partial charge in [0.2, 0.25) is 0 Å². The van der Waals surface area contributed by atoms with Crippen LogP contribution in [0.15, 0.2) is 34.0 Å². The van der Waals surface area contributed by atoms with E-state index in [1.54, 1.807) is 6.20 Å². The smallest absolute Gasteiger partial charge is 0.336 e. The van der Waals surface area contributed by atoms with Crippen molar-refractivity contribution in [1.82, 2.24) is 9.29 Å². The van der Waals surface area contributed by atoms with Gasteiger partial charge in [0.1, 0.15) is 4.21 Å². The molecule has 8 heteroatoms. The molecule has 2 aromatic rings. The summed E-state index contributed by atoms with van der Waals surface area (Å²) in [6.07, 6.45) is 3.32. The van der Waals surface area contributed by atoms with Crippen molar-refractivity contribution >= 4 is 27.3 Å². The first-order valence-corrected chi connectivity index (χ1v) is 8.79. The molecule has 1 aliphatic heterocycles. The molecule has 2 aromatic heterocycles. The molecule has 6 nitrogen and oxygen atoms in total. The molecule has 3 heterocycles. The summed E-state index contributed by atoms with van der Waals surface area (Å²) in [5, 5.41) is 10.3. The minimum Gasteiger partial charge on any atom is -0.478 e. The van der Waals surface area contributed by atoms with Crippen LogP contribution in [0.25, 0.3) is 0 Å². The number of thiophene rings is 1. The van der Waals surface area contributed by atoms with Crippen molar-refractivity contribution in [2.45, 2.75) is 23.1 Å². The largest absolute Gasteiger partial charge is 0.478 e. The van der Waals surface area contributed by atoms with Crippen LogP contribution in [0.4, 0.5) is 0 Å². The maximum absolute atomic E-state index is 12.7. The van der Waals surface area contributed by atoms with Gasteiger partial charge in [-0.15, -0.1) is 11.3 Å². The second-order valence-electron chi connectivity index (χ2n) is 4.86. The number of aromatic carboxylic acids is 1. The number of hydrogen-bond donors (Lipinski definition) is 2. The van der Waals surface area contributed by atoms with Crippen LogP contribution in [0.5, 0.6) is 0 Å². The zero-order chi connectivity index (χ0) is 15.0. The van der Waals surface area contributed by atoms with Crippen LogP contribution < -0.4 is 0 Å². The van der Waals surface area contributed by atoms with Gasteiger partial charge in [-0.25, -0.2) is 13.2 Å². The van der Waals surface area contributed by atoms with Crippen molar-refractivity contribution < 1.29 is 18.3 Å². The lowest BCUT2D eigenvalue weighted by Gasteiger charge is -2.22. The number of sulfonamides is 1. The number of nitrogens with zero attached hydrogens (tertiary/aromatic N) is 1. The maximum Gasteiger partial charge on any atom is 0.336 e. The number of rotatable bonds is 4. The van der Waals surface area contributed by atoms with E-state index in [1.807, 2.05) is 12.1 Å². The van der Waals surface area contributed by atoms with E-state index in [2.05, 4.69) is 4.98 Å². The third-order valence-corrected chi connectivity index (χ3v) is 6.89. The highest BCUT2D eigenvalue weighted by Crippen LogP contribution is 2.37. The van der Waals surface area contributed by atoms with Crippen LogP contribution in [0.2, 0.25) is 0 Å². The molecule has 1 fully saturated rings.